The Balaban J connectivity index is 1.95. The van der Waals surface area contributed by atoms with Crippen LogP contribution in [0.2, 0.25) is 0 Å². The zero-order valence-electron chi connectivity index (χ0n) is 10.6. The lowest BCUT2D eigenvalue weighted by atomic mass is 10.1. The number of esters is 1. The quantitative estimate of drug-likeness (QED) is 0.872. The van der Waals surface area contributed by atoms with Gasteiger partial charge < -0.3 is 10.1 Å². The minimum Gasteiger partial charge on any atom is -0.469 e. The van der Waals surface area contributed by atoms with Crippen molar-refractivity contribution in [3.8, 4) is 0 Å². The van der Waals surface area contributed by atoms with Crippen molar-refractivity contribution in [1.29, 1.82) is 0 Å². The molecule has 18 heavy (non-hydrogen) atoms. The fourth-order valence-corrected chi connectivity index (χ4v) is 2.55. The van der Waals surface area contributed by atoms with Gasteiger partial charge >= 0.3 is 5.97 Å². The molecule has 4 nitrogen and oxygen atoms in total. The monoisotopic (exact) mass is 312 g/mol. The van der Waals surface area contributed by atoms with Gasteiger partial charge in [-0.1, -0.05) is 0 Å². The normalized spacial score (nSPS) is 22.8. The highest BCUT2D eigenvalue weighted by Gasteiger charge is 2.30. The lowest BCUT2D eigenvalue weighted by Gasteiger charge is -2.14. The highest BCUT2D eigenvalue weighted by atomic mass is 79.9. The molecule has 98 valence electrons. The van der Waals surface area contributed by atoms with Crippen molar-refractivity contribution in [2.24, 2.45) is 5.92 Å². The minimum absolute atomic E-state index is 0.0315. The second-order valence-electron chi connectivity index (χ2n) is 4.64. The summed E-state index contributed by atoms with van der Waals surface area (Å²) >= 11 is 3.43. The molecular weight excluding hydrogens is 296 g/mol. The summed E-state index contributed by atoms with van der Waals surface area (Å²) in [6.45, 7) is 1.96. The van der Waals surface area contributed by atoms with E-state index in [2.05, 4.69) is 26.2 Å². The Kier molecular flexibility index (Phi) is 4.22. The molecule has 1 N–H and O–H groups in total. The van der Waals surface area contributed by atoms with E-state index in [-0.39, 0.29) is 11.9 Å². The van der Waals surface area contributed by atoms with E-state index in [1.54, 1.807) is 0 Å². The number of rotatable bonds is 3. The summed E-state index contributed by atoms with van der Waals surface area (Å²) in [5.41, 5.74) is 0.961. The number of halogens is 1. The smallest absolute Gasteiger partial charge is 0.308 e. The van der Waals surface area contributed by atoms with Crippen LogP contribution in [0.3, 0.4) is 0 Å². The molecule has 2 rings (SSSR count). The van der Waals surface area contributed by atoms with Gasteiger partial charge in [0.2, 0.25) is 0 Å². The molecular formula is C13H17BrN2O2. The molecule has 0 aromatic carbocycles. The number of hydrogen-bond acceptors (Lipinski definition) is 4. The van der Waals surface area contributed by atoms with Gasteiger partial charge in [0.05, 0.1) is 18.7 Å². The fourth-order valence-electron chi connectivity index (χ4n) is 2.33. The van der Waals surface area contributed by atoms with Crippen LogP contribution in [-0.2, 0) is 9.53 Å². The topological polar surface area (TPSA) is 51.2 Å². The maximum absolute atomic E-state index is 11.4. The Morgan fingerprint density at radius 1 is 1.50 bits per heavy atom. The van der Waals surface area contributed by atoms with E-state index in [4.69, 9.17) is 4.74 Å². The van der Waals surface area contributed by atoms with Crippen LogP contribution in [0.4, 0.5) is 5.82 Å². The molecule has 1 aliphatic carbocycles. The standard InChI is InChI=1S/C13H17BrN2O2/c1-8-11(14)5-6-12(15-8)16-10-4-3-9(7-10)13(17)18-2/h5-6,9-10H,3-4,7H2,1-2H3,(H,15,16)/t9-,10+/m0/s1. The average molecular weight is 313 g/mol. The molecule has 0 unspecified atom stereocenters. The van der Waals surface area contributed by atoms with Gasteiger partial charge in [0.1, 0.15) is 5.82 Å². The van der Waals surface area contributed by atoms with Gasteiger partial charge in [0.15, 0.2) is 0 Å². The second-order valence-corrected chi connectivity index (χ2v) is 5.49. The van der Waals surface area contributed by atoms with Crippen LogP contribution in [0.25, 0.3) is 0 Å². The van der Waals surface area contributed by atoms with Crippen LogP contribution in [-0.4, -0.2) is 24.1 Å². The molecule has 1 aliphatic rings. The summed E-state index contributed by atoms with van der Waals surface area (Å²) in [5, 5.41) is 3.38. The van der Waals surface area contributed by atoms with E-state index >= 15 is 0 Å². The van der Waals surface area contributed by atoms with E-state index in [1.165, 1.54) is 7.11 Å². The Morgan fingerprint density at radius 3 is 2.94 bits per heavy atom. The number of carbonyl (C=O) groups is 1. The third-order valence-electron chi connectivity index (χ3n) is 3.34. The number of pyridine rings is 1. The van der Waals surface area contributed by atoms with Crippen LogP contribution in [0.15, 0.2) is 16.6 Å². The lowest BCUT2D eigenvalue weighted by molar-refractivity contribution is -0.145. The summed E-state index contributed by atoms with van der Waals surface area (Å²) < 4.78 is 5.79. The average Bonchev–Trinajstić information content (AvgIpc) is 2.81. The maximum Gasteiger partial charge on any atom is 0.308 e. The Hall–Kier alpha value is -1.10. The van der Waals surface area contributed by atoms with E-state index in [0.717, 1.165) is 35.2 Å². The van der Waals surface area contributed by atoms with Crippen LogP contribution >= 0.6 is 15.9 Å². The number of methoxy groups -OCH3 is 1. The number of nitrogens with zero attached hydrogens (tertiary/aromatic N) is 1. The van der Waals surface area contributed by atoms with Gasteiger partial charge in [-0.2, -0.15) is 0 Å². The number of nitrogens with one attached hydrogen (secondary N) is 1. The van der Waals surface area contributed by atoms with E-state index < -0.39 is 0 Å². The van der Waals surface area contributed by atoms with Gasteiger partial charge in [-0.05, 0) is 54.2 Å². The lowest BCUT2D eigenvalue weighted by Crippen LogP contribution is -2.19. The van der Waals surface area contributed by atoms with Gasteiger partial charge in [-0.25, -0.2) is 4.98 Å². The van der Waals surface area contributed by atoms with Crippen molar-refractivity contribution in [3.63, 3.8) is 0 Å². The summed E-state index contributed by atoms with van der Waals surface area (Å²) in [7, 11) is 1.45. The molecule has 0 bridgehead atoms. The second kappa shape index (κ2) is 5.69. The zero-order chi connectivity index (χ0) is 13.1. The summed E-state index contributed by atoms with van der Waals surface area (Å²) in [6, 6.07) is 4.24. The molecule has 1 saturated carbocycles. The molecule has 0 radical (unpaired) electrons. The Labute approximate surface area is 115 Å². The number of hydrogen-bond donors (Lipinski definition) is 1. The number of aryl methyl sites for hydroxylation is 1. The SMILES string of the molecule is COC(=O)[C@H]1CC[C@@H](Nc2ccc(Br)c(C)n2)C1. The van der Waals surface area contributed by atoms with Crippen LogP contribution in [0.1, 0.15) is 25.0 Å². The molecule has 1 heterocycles. The maximum atomic E-state index is 11.4. The summed E-state index contributed by atoms with van der Waals surface area (Å²) in [4.78, 5) is 15.9. The number of aromatic nitrogens is 1. The largest absolute Gasteiger partial charge is 0.469 e. The van der Waals surface area contributed by atoms with Crippen LogP contribution in [0.5, 0.6) is 0 Å². The summed E-state index contributed by atoms with van der Waals surface area (Å²) in [5.74, 6) is 0.800. The molecule has 5 heteroatoms. The molecule has 0 saturated heterocycles. The van der Waals surface area contributed by atoms with Crippen LogP contribution < -0.4 is 5.32 Å². The van der Waals surface area contributed by atoms with Gasteiger partial charge in [0.25, 0.3) is 0 Å². The molecule has 1 aromatic heterocycles. The third kappa shape index (κ3) is 3.02. The first-order valence-corrected chi connectivity index (χ1v) is 6.87. The molecule has 0 aliphatic heterocycles. The first-order valence-electron chi connectivity index (χ1n) is 6.07. The number of ether oxygens (including phenoxy) is 1. The number of carbonyl (C=O) groups excluding carboxylic acids is 1. The highest BCUT2D eigenvalue weighted by molar-refractivity contribution is 9.10. The predicted octanol–water partition coefficient (Wildman–Crippen LogP) is 2.91. The summed E-state index contributed by atoms with van der Waals surface area (Å²) in [6.07, 6.45) is 2.69. The minimum atomic E-state index is -0.0979. The number of anilines is 1. The Bertz CT molecular complexity index is 451. The zero-order valence-corrected chi connectivity index (χ0v) is 12.2. The third-order valence-corrected chi connectivity index (χ3v) is 4.18. The fraction of sp³-hybridized carbons (Fsp3) is 0.538. The molecule has 0 amide bonds. The van der Waals surface area contributed by atoms with E-state index in [1.807, 2.05) is 19.1 Å². The van der Waals surface area contributed by atoms with Crippen LogP contribution in [0, 0.1) is 12.8 Å². The first-order chi connectivity index (χ1) is 8.60. The van der Waals surface area contributed by atoms with E-state index in [9.17, 15) is 4.79 Å². The van der Waals surface area contributed by atoms with Crippen molar-refractivity contribution in [3.05, 3.63) is 22.3 Å². The van der Waals surface area contributed by atoms with Crippen molar-refractivity contribution in [2.45, 2.75) is 32.2 Å². The molecule has 0 spiro atoms. The van der Waals surface area contributed by atoms with Gasteiger partial charge in [-0.15, -0.1) is 0 Å². The predicted molar refractivity (Wildman–Crippen MR) is 73.4 cm³/mol. The molecule has 1 fully saturated rings. The van der Waals surface area contributed by atoms with Gasteiger partial charge in [0, 0.05) is 10.5 Å². The first kappa shape index (κ1) is 13.3. The van der Waals surface area contributed by atoms with Crippen molar-refractivity contribution < 1.29 is 9.53 Å². The van der Waals surface area contributed by atoms with Crippen molar-refractivity contribution in [2.75, 3.05) is 12.4 Å². The van der Waals surface area contributed by atoms with E-state index in [0.29, 0.717) is 6.04 Å². The van der Waals surface area contributed by atoms with Crippen molar-refractivity contribution >= 4 is 27.7 Å². The molecule has 2 atom stereocenters. The molecule has 1 aromatic rings. The highest BCUT2D eigenvalue weighted by Crippen LogP contribution is 2.29. The van der Waals surface area contributed by atoms with Crippen molar-refractivity contribution in [1.82, 2.24) is 4.98 Å². The van der Waals surface area contributed by atoms with Gasteiger partial charge in [-0.3, -0.25) is 4.79 Å². The Morgan fingerprint density at radius 2 is 2.28 bits per heavy atom.